The van der Waals surface area contributed by atoms with E-state index in [2.05, 4.69) is 4.98 Å². The summed E-state index contributed by atoms with van der Waals surface area (Å²) in [7, 11) is 0. The fourth-order valence-electron chi connectivity index (χ4n) is 0.846. The van der Waals surface area contributed by atoms with E-state index in [0.717, 1.165) is 0 Å². The Morgan fingerprint density at radius 2 is 2.13 bits per heavy atom. The standard InChI is InChI=1S/C7H6F3N3O2/c8-7(9,10)5-1-3(11)4(2-12-5)13-6(14)15/h1-2,13H,(H2,11,12)(H,14,15). The first kappa shape index (κ1) is 11.1. The summed E-state index contributed by atoms with van der Waals surface area (Å²) in [5.74, 6) is 0. The molecule has 1 rings (SSSR count). The highest BCUT2D eigenvalue weighted by atomic mass is 19.4. The fourth-order valence-corrected chi connectivity index (χ4v) is 0.846. The second kappa shape index (κ2) is 3.64. The van der Waals surface area contributed by atoms with Crippen molar-refractivity contribution >= 4 is 17.5 Å². The first-order valence-corrected chi connectivity index (χ1v) is 3.63. The molecular formula is C7H6F3N3O2. The van der Waals surface area contributed by atoms with Crippen molar-refractivity contribution < 1.29 is 23.1 Å². The van der Waals surface area contributed by atoms with Gasteiger partial charge in [-0.2, -0.15) is 13.2 Å². The highest BCUT2D eigenvalue weighted by Crippen LogP contribution is 2.30. The van der Waals surface area contributed by atoms with Gasteiger partial charge in [-0.05, 0) is 6.07 Å². The van der Waals surface area contributed by atoms with Gasteiger partial charge in [0, 0.05) is 0 Å². The highest BCUT2D eigenvalue weighted by molar-refractivity contribution is 5.87. The average Bonchev–Trinajstić information content (AvgIpc) is 2.05. The quantitative estimate of drug-likeness (QED) is 0.674. The van der Waals surface area contributed by atoms with Crippen LogP contribution in [0.25, 0.3) is 0 Å². The SMILES string of the molecule is Nc1cc(C(F)(F)F)ncc1NC(=O)O. The van der Waals surface area contributed by atoms with Crippen molar-refractivity contribution in [2.24, 2.45) is 0 Å². The molecule has 1 aromatic rings. The van der Waals surface area contributed by atoms with Crippen LogP contribution < -0.4 is 11.1 Å². The molecule has 0 unspecified atom stereocenters. The van der Waals surface area contributed by atoms with E-state index in [0.29, 0.717) is 12.3 Å². The monoisotopic (exact) mass is 221 g/mol. The molecule has 0 aliphatic rings. The summed E-state index contributed by atoms with van der Waals surface area (Å²) in [4.78, 5) is 13.2. The van der Waals surface area contributed by atoms with E-state index in [1.807, 2.05) is 5.32 Å². The third kappa shape index (κ3) is 2.73. The molecule has 8 heteroatoms. The number of carboxylic acid groups (broad SMARTS) is 1. The van der Waals surface area contributed by atoms with Gasteiger partial charge in [-0.25, -0.2) is 9.78 Å². The van der Waals surface area contributed by atoms with Crippen LogP contribution in [0, 0.1) is 0 Å². The van der Waals surface area contributed by atoms with Crippen LogP contribution in [-0.4, -0.2) is 16.2 Å². The molecule has 0 aromatic carbocycles. The summed E-state index contributed by atoms with van der Waals surface area (Å²) in [6, 6.07) is 0.561. The van der Waals surface area contributed by atoms with Gasteiger partial charge < -0.3 is 10.8 Å². The fraction of sp³-hybridized carbons (Fsp3) is 0.143. The van der Waals surface area contributed by atoms with Crippen LogP contribution in [0.1, 0.15) is 5.69 Å². The summed E-state index contributed by atoms with van der Waals surface area (Å²) >= 11 is 0. The Kier molecular flexibility index (Phi) is 2.69. The zero-order valence-corrected chi connectivity index (χ0v) is 7.17. The lowest BCUT2D eigenvalue weighted by Gasteiger charge is -2.09. The van der Waals surface area contributed by atoms with Crippen LogP contribution in [0.5, 0.6) is 0 Å². The molecule has 0 aliphatic carbocycles. The molecular weight excluding hydrogens is 215 g/mol. The minimum atomic E-state index is -4.60. The smallest absolute Gasteiger partial charge is 0.433 e. The number of nitrogens with one attached hydrogen (secondary N) is 1. The number of alkyl halides is 3. The number of nitrogens with zero attached hydrogens (tertiary/aromatic N) is 1. The summed E-state index contributed by atoms with van der Waals surface area (Å²) < 4.78 is 36.3. The average molecular weight is 221 g/mol. The molecule has 4 N–H and O–H groups in total. The van der Waals surface area contributed by atoms with Crippen molar-refractivity contribution in [3.8, 4) is 0 Å². The van der Waals surface area contributed by atoms with Gasteiger partial charge in [0.15, 0.2) is 0 Å². The maximum atomic E-state index is 12.1. The van der Waals surface area contributed by atoms with Gasteiger partial charge in [-0.15, -0.1) is 0 Å². The minimum absolute atomic E-state index is 0.185. The van der Waals surface area contributed by atoms with E-state index in [1.165, 1.54) is 0 Å². The molecule has 15 heavy (non-hydrogen) atoms. The molecule has 0 aliphatic heterocycles. The predicted molar refractivity (Wildman–Crippen MR) is 45.3 cm³/mol. The van der Waals surface area contributed by atoms with Crippen LogP contribution in [0.4, 0.5) is 29.3 Å². The Hall–Kier alpha value is -1.99. The number of nitrogen functional groups attached to an aromatic ring is 1. The van der Waals surface area contributed by atoms with E-state index >= 15 is 0 Å². The second-order valence-electron chi connectivity index (χ2n) is 2.58. The van der Waals surface area contributed by atoms with E-state index in [9.17, 15) is 18.0 Å². The van der Waals surface area contributed by atoms with Gasteiger partial charge in [0.2, 0.25) is 0 Å². The van der Waals surface area contributed by atoms with E-state index in [4.69, 9.17) is 10.8 Å². The molecule has 5 nitrogen and oxygen atoms in total. The topological polar surface area (TPSA) is 88.2 Å². The minimum Gasteiger partial charge on any atom is -0.465 e. The number of pyridine rings is 1. The number of aromatic nitrogens is 1. The molecule has 0 fully saturated rings. The first-order chi connectivity index (χ1) is 6.80. The van der Waals surface area contributed by atoms with Crippen molar-refractivity contribution in [3.63, 3.8) is 0 Å². The van der Waals surface area contributed by atoms with Gasteiger partial charge >= 0.3 is 12.3 Å². The zero-order valence-electron chi connectivity index (χ0n) is 7.17. The Morgan fingerprint density at radius 3 is 2.53 bits per heavy atom. The number of hydrogen-bond acceptors (Lipinski definition) is 3. The highest BCUT2D eigenvalue weighted by Gasteiger charge is 2.32. The summed E-state index contributed by atoms with van der Waals surface area (Å²) in [5, 5.41) is 10.1. The largest absolute Gasteiger partial charge is 0.465 e. The lowest BCUT2D eigenvalue weighted by molar-refractivity contribution is -0.141. The van der Waals surface area contributed by atoms with Crippen LogP contribution in [0.3, 0.4) is 0 Å². The van der Waals surface area contributed by atoms with E-state index < -0.39 is 18.0 Å². The molecule has 0 saturated heterocycles. The van der Waals surface area contributed by atoms with Crippen LogP contribution in [-0.2, 0) is 6.18 Å². The molecule has 82 valence electrons. The van der Waals surface area contributed by atoms with Gasteiger partial charge in [0.1, 0.15) is 5.69 Å². The Labute approximate surface area is 81.7 Å². The summed E-state index contributed by atoms with van der Waals surface area (Å²) in [5.41, 5.74) is 3.51. The van der Waals surface area contributed by atoms with E-state index in [-0.39, 0.29) is 11.4 Å². The first-order valence-electron chi connectivity index (χ1n) is 3.63. The van der Waals surface area contributed by atoms with Gasteiger partial charge in [0.25, 0.3) is 0 Å². The lowest BCUT2D eigenvalue weighted by Crippen LogP contribution is -2.13. The molecule has 1 heterocycles. The zero-order chi connectivity index (χ0) is 11.6. The maximum Gasteiger partial charge on any atom is 0.433 e. The Balaban J connectivity index is 3.03. The number of nitrogens with two attached hydrogens (primary N) is 1. The van der Waals surface area contributed by atoms with E-state index in [1.54, 1.807) is 0 Å². The molecule has 1 amide bonds. The summed E-state index contributed by atoms with van der Waals surface area (Å²) in [6.07, 6.45) is -5.31. The second-order valence-corrected chi connectivity index (χ2v) is 2.58. The number of hydrogen-bond donors (Lipinski definition) is 3. The third-order valence-electron chi connectivity index (χ3n) is 1.47. The number of carbonyl (C=O) groups is 1. The number of rotatable bonds is 1. The molecule has 0 bridgehead atoms. The van der Waals surface area contributed by atoms with Gasteiger partial charge in [-0.3, -0.25) is 5.32 Å². The number of amides is 1. The Morgan fingerprint density at radius 1 is 1.53 bits per heavy atom. The maximum absolute atomic E-state index is 12.1. The van der Waals surface area contributed by atoms with Crippen molar-refractivity contribution in [1.82, 2.24) is 4.98 Å². The molecule has 0 spiro atoms. The van der Waals surface area contributed by atoms with Crippen molar-refractivity contribution in [1.29, 1.82) is 0 Å². The molecule has 0 atom stereocenters. The van der Waals surface area contributed by atoms with Crippen LogP contribution in [0.15, 0.2) is 12.3 Å². The number of anilines is 2. The molecule has 0 saturated carbocycles. The molecule has 1 aromatic heterocycles. The van der Waals surface area contributed by atoms with Gasteiger partial charge in [-0.1, -0.05) is 0 Å². The third-order valence-corrected chi connectivity index (χ3v) is 1.47. The molecule has 0 radical (unpaired) electrons. The predicted octanol–water partition coefficient (Wildman–Crippen LogP) is 1.77. The summed E-state index contributed by atoms with van der Waals surface area (Å²) in [6.45, 7) is 0. The lowest BCUT2D eigenvalue weighted by atomic mass is 10.3. The van der Waals surface area contributed by atoms with Crippen LogP contribution >= 0.6 is 0 Å². The van der Waals surface area contributed by atoms with Crippen molar-refractivity contribution in [2.45, 2.75) is 6.18 Å². The normalized spacial score (nSPS) is 11.1. The van der Waals surface area contributed by atoms with Crippen molar-refractivity contribution in [2.75, 3.05) is 11.1 Å². The number of halogens is 3. The van der Waals surface area contributed by atoms with Crippen molar-refractivity contribution in [3.05, 3.63) is 18.0 Å². The van der Waals surface area contributed by atoms with Crippen LogP contribution in [0.2, 0.25) is 0 Å². The van der Waals surface area contributed by atoms with Gasteiger partial charge in [0.05, 0.1) is 17.6 Å². The Bertz CT molecular complexity index is 392.